The van der Waals surface area contributed by atoms with E-state index in [0.29, 0.717) is 11.3 Å². The summed E-state index contributed by atoms with van der Waals surface area (Å²) in [6.07, 6.45) is 0. The van der Waals surface area contributed by atoms with E-state index in [4.69, 9.17) is 4.74 Å². The fraction of sp³-hybridized carbons (Fsp3) is 0.312. The second kappa shape index (κ2) is 6.92. The summed E-state index contributed by atoms with van der Waals surface area (Å²) in [5.74, 6) is -0.0422. The number of rotatable bonds is 5. The Kier molecular flexibility index (Phi) is 5.32. The molecular weight excluding hydrogens is 348 g/mol. The summed E-state index contributed by atoms with van der Waals surface area (Å²) in [5, 5.41) is 2.74. The van der Waals surface area contributed by atoms with E-state index in [1.807, 2.05) is 19.9 Å². The third-order valence-corrected chi connectivity index (χ3v) is 6.27. The van der Waals surface area contributed by atoms with Gasteiger partial charge in [0.2, 0.25) is 10.0 Å². The van der Waals surface area contributed by atoms with Gasteiger partial charge < -0.3 is 10.1 Å². The Bertz CT molecular complexity index is 870. The third-order valence-electron chi connectivity index (χ3n) is 3.47. The first kappa shape index (κ1) is 18.4. The minimum absolute atomic E-state index is 0.00558. The summed E-state index contributed by atoms with van der Waals surface area (Å²) in [4.78, 5) is 14.4. The molecular formula is C16H20N2O4S2. The third kappa shape index (κ3) is 3.61. The highest BCUT2D eigenvalue weighted by Crippen LogP contribution is 2.29. The topological polar surface area (TPSA) is 75.7 Å². The number of methoxy groups -OCH3 is 1. The van der Waals surface area contributed by atoms with E-state index in [1.54, 1.807) is 17.4 Å². The van der Waals surface area contributed by atoms with Gasteiger partial charge in [0.25, 0.3) is 5.91 Å². The number of carbonyl (C=O) groups is 1. The molecule has 0 saturated carbocycles. The number of carbonyl (C=O) groups excluding carboxylic acids is 1. The lowest BCUT2D eigenvalue weighted by atomic mass is 10.2. The van der Waals surface area contributed by atoms with E-state index in [0.717, 1.165) is 14.1 Å². The molecule has 0 aliphatic rings. The summed E-state index contributed by atoms with van der Waals surface area (Å²) in [7, 11) is 0.599. The van der Waals surface area contributed by atoms with Crippen LogP contribution in [-0.2, 0) is 10.0 Å². The lowest BCUT2D eigenvalue weighted by Crippen LogP contribution is -2.23. The van der Waals surface area contributed by atoms with Crippen molar-refractivity contribution in [1.82, 2.24) is 4.31 Å². The first-order chi connectivity index (χ1) is 11.2. The van der Waals surface area contributed by atoms with Crippen molar-refractivity contribution < 1.29 is 17.9 Å². The lowest BCUT2D eigenvalue weighted by molar-refractivity contribution is 0.102. The summed E-state index contributed by atoms with van der Waals surface area (Å²) in [5.41, 5.74) is 0.981. The maximum Gasteiger partial charge on any atom is 0.256 e. The van der Waals surface area contributed by atoms with E-state index in [1.165, 1.54) is 33.3 Å². The zero-order valence-corrected chi connectivity index (χ0v) is 15.8. The van der Waals surface area contributed by atoms with Crippen molar-refractivity contribution >= 4 is 33.0 Å². The van der Waals surface area contributed by atoms with Crippen LogP contribution in [0.15, 0.2) is 29.2 Å². The second-order valence-corrected chi connectivity index (χ2v) is 9.01. The van der Waals surface area contributed by atoms with Crippen molar-refractivity contribution in [2.24, 2.45) is 0 Å². The summed E-state index contributed by atoms with van der Waals surface area (Å²) >= 11 is 1.54. The van der Waals surface area contributed by atoms with Crippen LogP contribution in [-0.4, -0.2) is 39.8 Å². The second-order valence-electron chi connectivity index (χ2n) is 5.43. The fourth-order valence-electron chi connectivity index (χ4n) is 2.21. The molecule has 1 N–H and O–H groups in total. The van der Waals surface area contributed by atoms with Crippen LogP contribution in [0.3, 0.4) is 0 Å². The number of nitrogens with zero attached hydrogens (tertiary/aromatic N) is 1. The van der Waals surface area contributed by atoms with Gasteiger partial charge in [0.1, 0.15) is 10.6 Å². The fourth-order valence-corrected chi connectivity index (χ4v) is 4.20. The molecule has 24 heavy (non-hydrogen) atoms. The van der Waals surface area contributed by atoms with Gasteiger partial charge in [0, 0.05) is 29.5 Å². The molecule has 1 amide bonds. The van der Waals surface area contributed by atoms with E-state index >= 15 is 0 Å². The van der Waals surface area contributed by atoms with Crippen LogP contribution in [0.5, 0.6) is 5.75 Å². The molecule has 2 aromatic rings. The van der Waals surface area contributed by atoms with Crippen molar-refractivity contribution in [3.8, 4) is 5.75 Å². The number of hydrogen-bond acceptors (Lipinski definition) is 5. The van der Waals surface area contributed by atoms with E-state index in [-0.39, 0.29) is 16.6 Å². The molecule has 0 atom stereocenters. The molecule has 1 aromatic carbocycles. The number of ether oxygens (including phenoxy) is 1. The molecule has 0 fully saturated rings. The normalized spacial score (nSPS) is 11.6. The van der Waals surface area contributed by atoms with Crippen molar-refractivity contribution in [3.63, 3.8) is 0 Å². The first-order valence-electron chi connectivity index (χ1n) is 7.15. The van der Waals surface area contributed by atoms with E-state index in [9.17, 15) is 13.2 Å². The van der Waals surface area contributed by atoms with Crippen LogP contribution in [0.25, 0.3) is 0 Å². The van der Waals surface area contributed by atoms with Gasteiger partial charge >= 0.3 is 0 Å². The van der Waals surface area contributed by atoms with Gasteiger partial charge in [-0.05, 0) is 38.1 Å². The van der Waals surface area contributed by atoms with Gasteiger partial charge in [-0.1, -0.05) is 0 Å². The van der Waals surface area contributed by atoms with Crippen LogP contribution in [0.4, 0.5) is 5.69 Å². The van der Waals surface area contributed by atoms with Gasteiger partial charge in [-0.15, -0.1) is 11.3 Å². The lowest BCUT2D eigenvalue weighted by Gasteiger charge is -2.16. The Morgan fingerprint density at radius 2 is 1.88 bits per heavy atom. The molecule has 0 bridgehead atoms. The number of hydrogen-bond donors (Lipinski definition) is 1. The van der Waals surface area contributed by atoms with Crippen molar-refractivity contribution in [2.45, 2.75) is 18.7 Å². The van der Waals surface area contributed by atoms with Crippen LogP contribution < -0.4 is 10.1 Å². The largest absolute Gasteiger partial charge is 0.495 e. The molecule has 0 aliphatic heterocycles. The number of anilines is 1. The van der Waals surface area contributed by atoms with Gasteiger partial charge in [-0.2, -0.15) is 0 Å². The Morgan fingerprint density at radius 1 is 1.21 bits per heavy atom. The van der Waals surface area contributed by atoms with Crippen molar-refractivity contribution in [3.05, 3.63) is 39.6 Å². The average molecular weight is 368 g/mol. The predicted octanol–water partition coefficient (Wildman–Crippen LogP) is 2.88. The highest BCUT2D eigenvalue weighted by molar-refractivity contribution is 7.89. The number of nitrogens with one attached hydrogen (secondary N) is 1. The zero-order chi connectivity index (χ0) is 18.1. The van der Waals surface area contributed by atoms with E-state index in [2.05, 4.69) is 5.32 Å². The Balaban J connectivity index is 2.39. The quantitative estimate of drug-likeness (QED) is 0.880. The monoisotopic (exact) mass is 368 g/mol. The molecule has 1 aromatic heterocycles. The molecule has 0 unspecified atom stereocenters. The molecule has 2 rings (SSSR count). The van der Waals surface area contributed by atoms with Crippen LogP contribution in [0, 0.1) is 13.8 Å². The van der Waals surface area contributed by atoms with Gasteiger partial charge in [0.15, 0.2) is 0 Å². The smallest absolute Gasteiger partial charge is 0.256 e. The van der Waals surface area contributed by atoms with Crippen molar-refractivity contribution in [1.29, 1.82) is 0 Å². The molecule has 1 heterocycles. The molecule has 0 aliphatic carbocycles. The average Bonchev–Trinajstić information content (AvgIpc) is 2.85. The predicted molar refractivity (Wildman–Crippen MR) is 95.6 cm³/mol. The maximum atomic E-state index is 12.4. The number of amides is 1. The van der Waals surface area contributed by atoms with Gasteiger partial charge in [-0.25, -0.2) is 12.7 Å². The summed E-state index contributed by atoms with van der Waals surface area (Å²) < 4.78 is 31.1. The van der Waals surface area contributed by atoms with Crippen LogP contribution in [0.2, 0.25) is 0 Å². The molecule has 0 saturated heterocycles. The number of sulfonamides is 1. The standard InChI is InChI=1S/C16H20N2O4S2/c1-10-8-13(11(2)23-10)16(19)17-12-6-7-14(22-5)15(9-12)24(20,21)18(3)4/h6-9H,1-5H3,(H,17,19). The molecule has 0 spiro atoms. The number of thiophene rings is 1. The Labute approximate surface area is 146 Å². The zero-order valence-electron chi connectivity index (χ0n) is 14.2. The van der Waals surface area contributed by atoms with Gasteiger partial charge in [-0.3, -0.25) is 4.79 Å². The minimum Gasteiger partial charge on any atom is -0.495 e. The molecule has 6 nitrogen and oxygen atoms in total. The maximum absolute atomic E-state index is 12.4. The molecule has 130 valence electrons. The SMILES string of the molecule is COc1ccc(NC(=O)c2cc(C)sc2C)cc1S(=O)(=O)N(C)C. The van der Waals surface area contributed by atoms with Crippen molar-refractivity contribution in [2.75, 3.05) is 26.5 Å². The van der Waals surface area contributed by atoms with E-state index < -0.39 is 10.0 Å². The molecule has 8 heteroatoms. The highest BCUT2D eigenvalue weighted by Gasteiger charge is 2.23. The van der Waals surface area contributed by atoms with Crippen LogP contribution in [0.1, 0.15) is 20.1 Å². The highest BCUT2D eigenvalue weighted by atomic mass is 32.2. The molecule has 0 radical (unpaired) electrons. The minimum atomic E-state index is -3.69. The number of aryl methyl sites for hydroxylation is 2. The Hall–Kier alpha value is -1.90. The van der Waals surface area contributed by atoms with Gasteiger partial charge in [0.05, 0.1) is 12.7 Å². The van der Waals surface area contributed by atoms with Crippen LogP contribution >= 0.6 is 11.3 Å². The number of benzene rings is 1. The summed E-state index contributed by atoms with van der Waals surface area (Å²) in [6, 6.07) is 6.36. The Morgan fingerprint density at radius 3 is 2.38 bits per heavy atom. The first-order valence-corrected chi connectivity index (χ1v) is 9.41. The summed E-state index contributed by atoms with van der Waals surface area (Å²) in [6.45, 7) is 3.81.